The number of hydrogen-bond acceptors (Lipinski definition) is 4. The topological polar surface area (TPSA) is 71.1 Å². The van der Waals surface area contributed by atoms with Crippen LogP contribution in [0.5, 0.6) is 0 Å². The number of aromatic nitrogens is 1. The molecule has 0 saturated heterocycles. The van der Waals surface area contributed by atoms with E-state index in [9.17, 15) is 9.59 Å². The molecule has 0 atom stereocenters. The van der Waals surface area contributed by atoms with E-state index in [1.165, 1.54) is 11.3 Å². The molecule has 2 aromatic carbocycles. The van der Waals surface area contributed by atoms with Crippen LogP contribution in [0.1, 0.15) is 16.1 Å². The number of rotatable bonds is 5. The molecule has 126 valence electrons. The Morgan fingerprint density at radius 2 is 1.72 bits per heavy atom. The quantitative estimate of drug-likeness (QED) is 0.705. The molecule has 0 bridgehead atoms. The Labute approximate surface area is 153 Å². The van der Waals surface area contributed by atoms with Crippen molar-refractivity contribution in [3.8, 4) is 0 Å². The fourth-order valence-electron chi connectivity index (χ4n) is 2.13. The highest BCUT2D eigenvalue weighted by Crippen LogP contribution is 2.22. The molecule has 0 aliphatic carbocycles. The lowest BCUT2D eigenvalue weighted by molar-refractivity contribution is -0.115. The summed E-state index contributed by atoms with van der Waals surface area (Å²) in [5.74, 6) is -0.563. The molecule has 0 saturated carbocycles. The number of amides is 2. The van der Waals surface area contributed by atoms with Gasteiger partial charge in [-0.3, -0.25) is 9.59 Å². The van der Waals surface area contributed by atoms with Gasteiger partial charge < -0.3 is 10.6 Å². The van der Waals surface area contributed by atoms with Gasteiger partial charge in [-0.2, -0.15) is 0 Å². The first-order chi connectivity index (χ1) is 12.1. The summed E-state index contributed by atoms with van der Waals surface area (Å²) in [6.07, 6.45) is 0.252. The summed E-state index contributed by atoms with van der Waals surface area (Å²) in [5, 5.41) is 7.81. The van der Waals surface area contributed by atoms with Crippen molar-refractivity contribution in [3.05, 3.63) is 76.3 Å². The SMILES string of the molecule is O=C(Cc1ccccc1)Nc1nc(C(=O)Nc2ccccc2Cl)cs1. The van der Waals surface area contributed by atoms with Crippen molar-refractivity contribution in [2.45, 2.75) is 6.42 Å². The molecule has 0 fully saturated rings. The molecule has 1 aromatic heterocycles. The summed E-state index contributed by atoms with van der Waals surface area (Å²) < 4.78 is 0. The van der Waals surface area contributed by atoms with Crippen LogP contribution in [0.2, 0.25) is 5.02 Å². The minimum absolute atomic E-state index is 0.182. The lowest BCUT2D eigenvalue weighted by Crippen LogP contribution is -2.15. The van der Waals surface area contributed by atoms with Crippen LogP contribution in [0.15, 0.2) is 60.0 Å². The maximum Gasteiger partial charge on any atom is 0.275 e. The molecule has 2 N–H and O–H groups in total. The van der Waals surface area contributed by atoms with Crippen molar-refractivity contribution in [2.24, 2.45) is 0 Å². The second-order valence-corrected chi connectivity index (χ2v) is 6.45. The molecule has 3 aromatic rings. The van der Waals surface area contributed by atoms with E-state index < -0.39 is 0 Å². The normalized spacial score (nSPS) is 10.3. The molecule has 0 spiro atoms. The summed E-state index contributed by atoms with van der Waals surface area (Å²) in [4.78, 5) is 28.4. The largest absolute Gasteiger partial charge is 0.319 e. The van der Waals surface area contributed by atoms with Crippen LogP contribution in [-0.2, 0) is 11.2 Å². The third-order valence-electron chi connectivity index (χ3n) is 3.31. The van der Waals surface area contributed by atoms with Crippen molar-refractivity contribution in [1.29, 1.82) is 0 Å². The summed E-state index contributed by atoms with van der Waals surface area (Å²) in [6.45, 7) is 0. The summed E-state index contributed by atoms with van der Waals surface area (Å²) in [6, 6.07) is 16.4. The number of halogens is 1. The predicted octanol–water partition coefficient (Wildman–Crippen LogP) is 4.23. The van der Waals surface area contributed by atoms with Crippen LogP contribution in [0, 0.1) is 0 Å². The van der Waals surface area contributed by atoms with Crippen LogP contribution in [0.3, 0.4) is 0 Å². The van der Waals surface area contributed by atoms with Gasteiger partial charge in [0.05, 0.1) is 17.1 Å². The van der Waals surface area contributed by atoms with E-state index in [1.807, 2.05) is 30.3 Å². The summed E-state index contributed by atoms with van der Waals surface area (Å²) in [5.41, 5.74) is 1.64. The zero-order valence-electron chi connectivity index (χ0n) is 13.0. The van der Waals surface area contributed by atoms with Gasteiger partial charge in [-0.25, -0.2) is 4.98 Å². The fraction of sp³-hybridized carbons (Fsp3) is 0.0556. The molecule has 0 aliphatic rings. The smallest absolute Gasteiger partial charge is 0.275 e. The molecular weight excluding hydrogens is 358 g/mol. The van der Waals surface area contributed by atoms with Gasteiger partial charge in [0.2, 0.25) is 5.91 Å². The average Bonchev–Trinajstić information content (AvgIpc) is 3.06. The Bertz CT molecular complexity index is 896. The van der Waals surface area contributed by atoms with E-state index in [0.717, 1.165) is 5.56 Å². The van der Waals surface area contributed by atoms with Crippen LogP contribution >= 0.6 is 22.9 Å². The molecule has 7 heteroatoms. The Hall–Kier alpha value is -2.70. The predicted molar refractivity (Wildman–Crippen MR) is 100 cm³/mol. The van der Waals surface area contributed by atoms with E-state index in [0.29, 0.717) is 15.8 Å². The van der Waals surface area contributed by atoms with Gasteiger partial charge in [-0.05, 0) is 17.7 Å². The highest BCUT2D eigenvalue weighted by molar-refractivity contribution is 7.14. The minimum Gasteiger partial charge on any atom is -0.319 e. The van der Waals surface area contributed by atoms with E-state index in [4.69, 9.17) is 11.6 Å². The Kier molecular flexibility index (Phi) is 5.42. The van der Waals surface area contributed by atoms with Crippen LogP contribution in [0.4, 0.5) is 10.8 Å². The number of thiazole rings is 1. The number of nitrogens with zero attached hydrogens (tertiary/aromatic N) is 1. The zero-order chi connectivity index (χ0) is 17.6. The molecule has 2 amide bonds. The summed E-state index contributed by atoms with van der Waals surface area (Å²) >= 11 is 7.21. The van der Waals surface area contributed by atoms with Gasteiger partial charge in [0, 0.05) is 5.38 Å². The van der Waals surface area contributed by atoms with E-state index >= 15 is 0 Å². The lowest BCUT2D eigenvalue weighted by atomic mass is 10.1. The molecule has 5 nitrogen and oxygen atoms in total. The number of carbonyl (C=O) groups excluding carboxylic acids is 2. The van der Waals surface area contributed by atoms with Gasteiger partial charge in [-0.15, -0.1) is 11.3 Å². The number of carbonyl (C=O) groups is 2. The van der Waals surface area contributed by atoms with Gasteiger partial charge in [0.1, 0.15) is 5.69 Å². The second kappa shape index (κ2) is 7.92. The number of benzene rings is 2. The first-order valence-electron chi connectivity index (χ1n) is 7.47. The van der Waals surface area contributed by atoms with Gasteiger partial charge in [0.25, 0.3) is 5.91 Å². The van der Waals surface area contributed by atoms with Crippen molar-refractivity contribution in [2.75, 3.05) is 10.6 Å². The van der Waals surface area contributed by atoms with E-state index in [1.54, 1.807) is 29.6 Å². The van der Waals surface area contributed by atoms with Gasteiger partial charge in [-0.1, -0.05) is 54.1 Å². The zero-order valence-corrected chi connectivity index (χ0v) is 14.6. The lowest BCUT2D eigenvalue weighted by Gasteiger charge is -2.04. The standard InChI is InChI=1S/C18H14ClN3O2S/c19-13-8-4-5-9-14(13)20-17(24)15-11-25-18(21-15)22-16(23)10-12-6-2-1-3-7-12/h1-9,11H,10H2,(H,20,24)(H,21,22,23). The Morgan fingerprint density at radius 3 is 2.48 bits per heavy atom. The average molecular weight is 372 g/mol. The molecular formula is C18H14ClN3O2S. The van der Waals surface area contributed by atoms with Crippen molar-refractivity contribution in [1.82, 2.24) is 4.98 Å². The minimum atomic E-state index is -0.382. The molecule has 25 heavy (non-hydrogen) atoms. The van der Waals surface area contributed by atoms with Crippen LogP contribution < -0.4 is 10.6 Å². The highest BCUT2D eigenvalue weighted by atomic mass is 35.5. The molecule has 3 rings (SSSR count). The van der Waals surface area contributed by atoms with E-state index in [-0.39, 0.29) is 23.9 Å². The molecule has 0 unspecified atom stereocenters. The molecule has 0 radical (unpaired) electrons. The summed E-state index contributed by atoms with van der Waals surface area (Å²) in [7, 11) is 0. The molecule has 1 heterocycles. The number of hydrogen-bond donors (Lipinski definition) is 2. The van der Waals surface area contributed by atoms with Crippen molar-refractivity contribution in [3.63, 3.8) is 0 Å². The molecule has 0 aliphatic heterocycles. The Balaban J connectivity index is 1.61. The van der Waals surface area contributed by atoms with Crippen molar-refractivity contribution >= 4 is 45.6 Å². The second-order valence-electron chi connectivity index (χ2n) is 5.18. The third kappa shape index (κ3) is 4.65. The Morgan fingerprint density at radius 1 is 1.00 bits per heavy atom. The van der Waals surface area contributed by atoms with E-state index in [2.05, 4.69) is 15.6 Å². The fourth-order valence-corrected chi connectivity index (χ4v) is 3.02. The maximum absolute atomic E-state index is 12.2. The van der Waals surface area contributed by atoms with Crippen molar-refractivity contribution < 1.29 is 9.59 Å². The monoisotopic (exact) mass is 371 g/mol. The third-order valence-corrected chi connectivity index (χ3v) is 4.40. The van der Waals surface area contributed by atoms with Gasteiger partial charge in [0.15, 0.2) is 5.13 Å². The van der Waals surface area contributed by atoms with Crippen LogP contribution in [0.25, 0.3) is 0 Å². The number of anilines is 2. The highest BCUT2D eigenvalue weighted by Gasteiger charge is 2.14. The van der Waals surface area contributed by atoms with Gasteiger partial charge >= 0.3 is 0 Å². The number of nitrogens with one attached hydrogen (secondary N) is 2. The number of para-hydroxylation sites is 1. The maximum atomic E-state index is 12.2. The van der Waals surface area contributed by atoms with Crippen LogP contribution in [-0.4, -0.2) is 16.8 Å². The first kappa shape index (κ1) is 17.1. The first-order valence-corrected chi connectivity index (χ1v) is 8.73.